The second-order valence-corrected chi connectivity index (χ2v) is 6.85. The maximum absolute atomic E-state index is 12.3. The maximum atomic E-state index is 12.3. The van der Waals surface area contributed by atoms with Crippen LogP contribution in [0.25, 0.3) is 21.1 Å². The van der Waals surface area contributed by atoms with Gasteiger partial charge in [0.15, 0.2) is 5.13 Å². The minimum atomic E-state index is -0.368. The Hall–Kier alpha value is -3.39. The van der Waals surface area contributed by atoms with Crippen LogP contribution in [0.4, 0.5) is 5.13 Å². The Morgan fingerprint density at radius 3 is 2.85 bits per heavy atom. The van der Waals surface area contributed by atoms with E-state index >= 15 is 0 Å². The molecule has 0 unspecified atom stereocenters. The highest BCUT2D eigenvalue weighted by molar-refractivity contribution is 7.22. The Kier molecular flexibility index (Phi) is 4.47. The lowest BCUT2D eigenvalue weighted by Gasteiger charge is -2.03. The van der Waals surface area contributed by atoms with Gasteiger partial charge in [0.25, 0.3) is 5.91 Å². The van der Waals surface area contributed by atoms with Gasteiger partial charge in [0.05, 0.1) is 23.9 Å². The normalized spacial score (nSPS) is 10.9. The molecule has 0 atom stereocenters. The lowest BCUT2D eigenvalue weighted by atomic mass is 10.2. The predicted octanol–water partition coefficient (Wildman–Crippen LogP) is 3.15. The topological polar surface area (TPSA) is 96.1 Å². The number of ether oxygens (including phenoxy) is 1. The van der Waals surface area contributed by atoms with Crippen molar-refractivity contribution in [2.24, 2.45) is 0 Å². The number of nitrogens with zero attached hydrogens (tertiary/aromatic N) is 1. The van der Waals surface area contributed by atoms with Gasteiger partial charge in [0.2, 0.25) is 5.91 Å². The number of fused-ring (bicyclic) bond motifs is 2. The summed E-state index contributed by atoms with van der Waals surface area (Å²) in [7, 11) is 1.58. The number of benzene rings is 2. The lowest BCUT2D eigenvalue weighted by Crippen LogP contribution is -2.33. The highest BCUT2D eigenvalue weighted by Gasteiger charge is 2.14. The summed E-state index contributed by atoms with van der Waals surface area (Å²) in [5.41, 5.74) is 1.98. The molecule has 0 fully saturated rings. The van der Waals surface area contributed by atoms with Crippen molar-refractivity contribution in [2.75, 3.05) is 19.0 Å². The predicted molar refractivity (Wildman–Crippen MR) is 105 cm³/mol. The Morgan fingerprint density at radius 2 is 2.04 bits per heavy atom. The molecular formula is C19H16N4O3S. The SMILES string of the molecule is COc1cccc2[nH]c(C(=O)NCC(=O)Nc3nc4ccccc4s3)cc12. The molecule has 0 aliphatic heterocycles. The minimum absolute atomic E-state index is 0.152. The summed E-state index contributed by atoms with van der Waals surface area (Å²) in [5.74, 6) is -0.0276. The molecule has 4 aromatic rings. The number of aromatic nitrogens is 2. The molecular weight excluding hydrogens is 364 g/mol. The molecule has 0 radical (unpaired) electrons. The number of amides is 2. The van der Waals surface area contributed by atoms with Crippen molar-refractivity contribution < 1.29 is 14.3 Å². The van der Waals surface area contributed by atoms with Gasteiger partial charge in [-0.1, -0.05) is 29.5 Å². The third-order valence-electron chi connectivity index (χ3n) is 4.04. The molecule has 2 aromatic carbocycles. The maximum Gasteiger partial charge on any atom is 0.268 e. The van der Waals surface area contributed by atoms with Crippen molar-refractivity contribution >= 4 is 49.4 Å². The number of methoxy groups -OCH3 is 1. The summed E-state index contributed by atoms with van der Waals surface area (Å²) in [6, 6.07) is 14.9. The molecule has 0 spiro atoms. The van der Waals surface area contributed by atoms with Gasteiger partial charge >= 0.3 is 0 Å². The van der Waals surface area contributed by atoms with E-state index < -0.39 is 0 Å². The van der Waals surface area contributed by atoms with E-state index in [9.17, 15) is 9.59 Å². The first kappa shape index (κ1) is 17.0. The highest BCUT2D eigenvalue weighted by atomic mass is 32.1. The Bertz CT molecular complexity index is 1120. The van der Waals surface area contributed by atoms with Crippen LogP contribution < -0.4 is 15.4 Å². The fourth-order valence-corrected chi connectivity index (χ4v) is 3.65. The third kappa shape index (κ3) is 3.47. The first-order valence-electron chi connectivity index (χ1n) is 8.23. The number of carbonyl (C=O) groups excluding carboxylic acids is 2. The van der Waals surface area contributed by atoms with Crippen molar-refractivity contribution in [3.8, 4) is 5.75 Å². The second-order valence-electron chi connectivity index (χ2n) is 5.82. The van der Waals surface area contributed by atoms with Gasteiger partial charge < -0.3 is 20.4 Å². The zero-order valence-corrected chi connectivity index (χ0v) is 15.2. The average Bonchev–Trinajstić information content (AvgIpc) is 3.29. The van der Waals surface area contributed by atoms with E-state index in [2.05, 4.69) is 20.6 Å². The molecule has 2 aromatic heterocycles. The number of thiazole rings is 1. The first-order valence-corrected chi connectivity index (χ1v) is 9.05. The summed E-state index contributed by atoms with van der Waals surface area (Å²) in [6.45, 7) is -0.152. The zero-order chi connectivity index (χ0) is 18.8. The van der Waals surface area contributed by atoms with Crippen molar-refractivity contribution in [1.29, 1.82) is 0 Å². The van der Waals surface area contributed by atoms with E-state index in [1.54, 1.807) is 13.2 Å². The van der Waals surface area contributed by atoms with Gasteiger partial charge in [-0.2, -0.15) is 0 Å². The molecule has 2 heterocycles. The summed E-state index contributed by atoms with van der Waals surface area (Å²) in [5, 5.41) is 6.63. The molecule has 2 amide bonds. The van der Waals surface area contributed by atoms with Crippen LogP contribution in [-0.2, 0) is 4.79 Å². The molecule has 0 saturated heterocycles. The number of H-pyrrole nitrogens is 1. The number of carbonyl (C=O) groups is 2. The number of rotatable bonds is 5. The lowest BCUT2D eigenvalue weighted by molar-refractivity contribution is -0.115. The van der Waals surface area contributed by atoms with Gasteiger partial charge in [-0.25, -0.2) is 4.98 Å². The molecule has 0 bridgehead atoms. The molecule has 8 heteroatoms. The van der Waals surface area contributed by atoms with Gasteiger partial charge in [-0.05, 0) is 30.3 Å². The fraction of sp³-hybridized carbons (Fsp3) is 0.105. The number of hydrogen-bond acceptors (Lipinski definition) is 5. The van der Waals surface area contributed by atoms with E-state index in [0.717, 1.165) is 21.1 Å². The van der Waals surface area contributed by atoms with Crippen LogP contribution in [0.2, 0.25) is 0 Å². The summed E-state index contributed by atoms with van der Waals surface area (Å²) >= 11 is 1.39. The standard InChI is InChI=1S/C19H16N4O3S/c1-26-15-7-4-6-12-11(15)9-14(21-12)18(25)20-10-17(24)23-19-22-13-5-2-3-8-16(13)27-19/h2-9,21H,10H2,1H3,(H,20,25)(H,22,23,24). The summed E-state index contributed by atoms with van der Waals surface area (Å²) < 4.78 is 6.28. The van der Waals surface area contributed by atoms with Gasteiger partial charge in [0, 0.05) is 10.9 Å². The quantitative estimate of drug-likeness (QED) is 0.496. The number of aromatic amines is 1. The van der Waals surface area contributed by atoms with Crippen molar-refractivity contribution in [2.45, 2.75) is 0 Å². The number of anilines is 1. The minimum Gasteiger partial charge on any atom is -0.496 e. The smallest absolute Gasteiger partial charge is 0.268 e. The van der Waals surface area contributed by atoms with Crippen LogP contribution in [0.3, 0.4) is 0 Å². The summed E-state index contributed by atoms with van der Waals surface area (Å²) in [6.07, 6.45) is 0. The Labute approximate surface area is 158 Å². The molecule has 0 saturated carbocycles. The summed E-state index contributed by atoms with van der Waals surface area (Å²) in [4.78, 5) is 31.8. The molecule has 0 aliphatic rings. The Balaban J connectivity index is 1.40. The molecule has 0 aliphatic carbocycles. The van der Waals surface area contributed by atoms with Gasteiger partial charge in [-0.3, -0.25) is 9.59 Å². The fourth-order valence-electron chi connectivity index (χ4n) is 2.77. The van der Waals surface area contributed by atoms with Crippen LogP contribution in [0.1, 0.15) is 10.5 Å². The van der Waals surface area contributed by atoms with Crippen LogP contribution in [0, 0.1) is 0 Å². The average molecular weight is 380 g/mol. The zero-order valence-electron chi connectivity index (χ0n) is 14.4. The van der Waals surface area contributed by atoms with E-state index in [1.807, 2.05) is 42.5 Å². The van der Waals surface area contributed by atoms with Crippen LogP contribution in [0.5, 0.6) is 5.75 Å². The molecule has 3 N–H and O–H groups in total. The van der Waals surface area contributed by atoms with Crippen molar-refractivity contribution in [3.63, 3.8) is 0 Å². The molecule has 4 rings (SSSR count). The second kappa shape index (κ2) is 7.08. The number of hydrogen-bond donors (Lipinski definition) is 3. The van der Waals surface area contributed by atoms with Crippen LogP contribution >= 0.6 is 11.3 Å². The number of nitrogens with one attached hydrogen (secondary N) is 3. The van der Waals surface area contributed by atoms with Crippen molar-refractivity contribution in [1.82, 2.24) is 15.3 Å². The van der Waals surface area contributed by atoms with E-state index in [1.165, 1.54) is 11.3 Å². The van der Waals surface area contributed by atoms with Gasteiger partial charge in [-0.15, -0.1) is 0 Å². The van der Waals surface area contributed by atoms with Crippen molar-refractivity contribution in [3.05, 3.63) is 54.2 Å². The van der Waals surface area contributed by atoms with E-state index in [4.69, 9.17) is 4.74 Å². The van der Waals surface area contributed by atoms with Crippen LogP contribution in [-0.4, -0.2) is 35.4 Å². The first-order chi connectivity index (χ1) is 13.1. The van der Waals surface area contributed by atoms with E-state index in [-0.39, 0.29) is 18.4 Å². The highest BCUT2D eigenvalue weighted by Crippen LogP contribution is 2.26. The molecule has 136 valence electrons. The van der Waals surface area contributed by atoms with Crippen LogP contribution in [0.15, 0.2) is 48.5 Å². The van der Waals surface area contributed by atoms with Gasteiger partial charge in [0.1, 0.15) is 11.4 Å². The number of para-hydroxylation sites is 1. The van der Waals surface area contributed by atoms with E-state index in [0.29, 0.717) is 16.6 Å². The molecule has 7 nitrogen and oxygen atoms in total. The molecule has 27 heavy (non-hydrogen) atoms. The third-order valence-corrected chi connectivity index (χ3v) is 4.99. The largest absolute Gasteiger partial charge is 0.496 e. The monoisotopic (exact) mass is 380 g/mol. The Morgan fingerprint density at radius 1 is 1.19 bits per heavy atom.